The molecule has 3 aromatic rings. The van der Waals surface area contributed by atoms with Gasteiger partial charge in [0.05, 0.1) is 12.8 Å². The van der Waals surface area contributed by atoms with Crippen LogP contribution in [0.25, 0.3) is 0 Å². The summed E-state index contributed by atoms with van der Waals surface area (Å²) in [6.45, 7) is 2.09. The summed E-state index contributed by atoms with van der Waals surface area (Å²) in [5, 5.41) is 13.1. The Hall–Kier alpha value is -4.04. The van der Waals surface area contributed by atoms with Crippen molar-refractivity contribution in [3.63, 3.8) is 0 Å². The lowest BCUT2D eigenvalue weighted by Crippen LogP contribution is -2.18. The molecule has 0 saturated carbocycles. The summed E-state index contributed by atoms with van der Waals surface area (Å²) < 4.78 is 16.7. The van der Waals surface area contributed by atoms with E-state index in [4.69, 9.17) is 30.9 Å². The number of benzene rings is 3. The van der Waals surface area contributed by atoms with Gasteiger partial charge in [-0.25, -0.2) is 10.2 Å². The Labute approximate surface area is 201 Å². The van der Waals surface area contributed by atoms with Crippen LogP contribution in [0.15, 0.2) is 71.8 Å². The summed E-state index contributed by atoms with van der Waals surface area (Å²) in [5.41, 5.74) is 4.16. The summed E-state index contributed by atoms with van der Waals surface area (Å²) in [6, 6.07) is 19.2. The lowest BCUT2D eigenvalue weighted by Gasteiger charge is -2.13. The Morgan fingerprint density at radius 1 is 0.971 bits per heavy atom. The first-order valence-electron chi connectivity index (χ1n) is 10.4. The number of nitrogens with zero attached hydrogens (tertiary/aromatic N) is 1. The van der Waals surface area contributed by atoms with Gasteiger partial charge in [-0.2, -0.15) is 5.10 Å². The van der Waals surface area contributed by atoms with E-state index in [1.54, 1.807) is 30.3 Å². The third-order valence-corrected chi connectivity index (χ3v) is 4.67. The standard InChI is InChI=1S/C25H23ClN2O6/c1-2-32-23-13-18(8-10-22(23)33-15-17-6-4-3-5-7-17)25(31)28-27-14-19-12-20(26)9-11-21(19)34-16-24(29)30/h3-14H,2,15-16H2,1H3,(H,28,31)(H,29,30)/b27-14+. The quantitative estimate of drug-likeness (QED) is 0.307. The zero-order valence-electron chi connectivity index (χ0n) is 18.4. The molecule has 0 atom stereocenters. The zero-order valence-corrected chi connectivity index (χ0v) is 19.1. The average molecular weight is 483 g/mol. The van der Waals surface area contributed by atoms with Crippen LogP contribution in [0.1, 0.15) is 28.4 Å². The highest BCUT2D eigenvalue weighted by molar-refractivity contribution is 6.30. The molecule has 3 aromatic carbocycles. The lowest BCUT2D eigenvalue weighted by atomic mass is 10.2. The first-order chi connectivity index (χ1) is 16.5. The van der Waals surface area contributed by atoms with E-state index in [1.165, 1.54) is 12.3 Å². The number of halogens is 1. The van der Waals surface area contributed by atoms with Gasteiger partial charge in [-0.05, 0) is 48.9 Å². The van der Waals surface area contributed by atoms with Crippen LogP contribution in [0.3, 0.4) is 0 Å². The number of hydrogen-bond donors (Lipinski definition) is 2. The molecule has 3 rings (SSSR count). The fraction of sp³-hybridized carbons (Fsp3) is 0.160. The number of hydrogen-bond acceptors (Lipinski definition) is 6. The SMILES string of the molecule is CCOc1cc(C(=O)N/N=C/c2cc(Cl)ccc2OCC(=O)O)ccc1OCc1ccccc1. The maximum atomic E-state index is 12.6. The van der Waals surface area contributed by atoms with E-state index in [0.717, 1.165) is 5.56 Å². The van der Waals surface area contributed by atoms with Crippen LogP contribution >= 0.6 is 11.6 Å². The third-order valence-electron chi connectivity index (χ3n) is 4.44. The Morgan fingerprint density at radius 3 is 2.47 bits per heavy atom. The molecule has 0 saturated heterocycles. The van der Waals surface area contributed by atoms with E-state index < -0.39 is 18.5 Å². The van der Waals surface area contributed by atoms with Crippen LogP contribution in [0.5, 0.6) is 17.2 Å². The number of hydrazone groups is 1. The smallest absolute Gasteiger partial charge is 0.341 e. The minimum atomic E-state index is -1.12. The second kappa shape index (κ2) is 12.3. The number of aliphatic carboxylic acids is 1. The number of rotatable bonds is 11. The van der Waals surface area contributed by atoms with Gasteiger partial charge in [0, 0.05) is 16.1 Å². The molecule has 0 aliphatic heterocycles. The highest BCUT2D eigenvalue weighted by Crippen LogP contribution is 2.29. The number of carboxylic acid groups (broad SMARTS) is 1. The van der Waals surface area contributed by atoms with Crippen molar-refractivity contribution in [1.82, 2.24) is 5.43 Å². The molecule has 0 aromatic heterocycles. The zero-order chi connectivity index (χ0) is 24.3. The maximum absolute atomic E-state index is 12.6. The van der Waals surface area contributed by atoms with Gasteiger partial charge in [0.15, 0.2) is 18.1 Å². The summed E-state index contributed by atoms with van der Waals surface area (Å²) in [5.74, 6) is -0.364. The van der Waals surface area contributed by atoms with Gasteiger partial charge < -0.3 is 19.3 Å². The Bertz CT molecular complexity index is 1170. The number of carbonyl (C=O) groups excluding carboxylic acids is 1. The molecule has 0 bridgehead atoms. The molecular formula is C25H23ClN2O6. The molecule has 0 aliphatic rings. The van der Waals surface area contributed by atoms with Gasteiger partial charge in [0.25, 0.3) is 5.91 Å². The predicted molar refractivity (Wildman–Crippen MR) is 128 cm³/mol. The molecular weight excluding hydrogens is 460 g/mol. The molecule has 0 radical (unpaired) electrons. The molecule has 2 N–H and O–H groups in total. The Balaban J connectivity index is 1.68. The molecule has 34 heavy (non-hydrogen) atoms. The van der Waals surface area contributed by atoms with Crippen LogP contribution in [0.2, 0.25) is 5.02 Å². The molecule has 0 aliphatic carbocycles. The van der Waals surface area contributed by atoms with Crippen LogP contribution < -0.4 is 19.6 Å². The fourth-order valence-electron chi connectivity index (χ4n) is 2.89. The van der Waals surface area contributed by atoms with E-state index in [2.05, 4.69) is 10.5 Å². The average Bonchev–Trinajstić information content (AvgIpc) is 2.83. The van der Waals surface area contributed by atoms with Gasteiger partial charge in [0.2, 0.25) is 0 Å². The molecule has 8 nitrogen and oxygen atoms in total. The van der Waals surface area contributed by atoms with E-state index in [1.807, 2.05) is 37.3 Å². The largest absolute Gasteiger partial charge is 0.490 e. The van der Waals surface area contributed by atoms with Gasteiger partial charge >= 0.3 is 5.97 Å². The van der Waals surface area contributed by atoms with E-state index in [-0.39, 0.29) is 5.75 Å². The molecule has 0 fully saturated rings. The van der Waals surface area contributed by atoms with Gasteiger partial charge in [-0.3, -0.25) is 4.79 Å². The van der Waals surface area contributed by atoms with Gasteiger partial charge in [-0.1, -0.05) is 41.9 Å². The van der Waals surface area contributed by atoms with Crippen LogP contribution in [-0.4, -0.2) is 36.4 Å². The summed E-state index contributed by atoms with van der Waals surface area (Å²) in [7, 11) is 0. The molecule has 0 spiro atoms. The normalized spacial score (nSPS) is 10.6. The summed E-state index contributed by atoms with van der Waals surface area (Å²) in [6.07, 6.45) is 1.32. The van der Waals surface area contributed by atoms with Crippen molar-refractivity contribution in [2.24, 2.45) is 5.10 Å². The lowest BCUT2D eigenvalue weighted by molar-refractivity contribution is -0.139. The van der Waals surface area contributed by atoms with Crippen molar-refractivity contribution in [2.45, 2.75) is 13.5 Å². The number of amides is 1. The second-order valence-electron chi connectivity index (χ2n) is 6.93. The molecule has 176 valence electrons. The predicted octanol–water partition coefficient (Wildman–Crippen LogP) is 4.55. The van der Waals surface area contributed by atoms with Crippen molar-refractivity contribution in [3.8, 4) is 17.2 Å². The monoisotopic (exact) mass is 482 g/mol. The van der Waals surface area contributed by atoms with Crippen molar-refractivity contribution >= 4 is 29.7 Å². The summed E-state index contributed by atoms with van der Waals surface area (Å²) >= 11 is 6.00. The topological polar surface area (TPSA) is 106 Å². The molecule has 9 heteroatoms. The maximum Gasteiger partial charge on any atom is 0.341 e. The minimum absolute atomic E-state index is 0.267. The Kier molecular flexibility index (Phi) is 8.88. The number of carbonyl (C=O) groups is 2. The Morgan fingerprint density at radius 2 is 1.74 bits per heavy atom. The molecule has 0 heterocycles. The first kappa shape index (κ1) is 24.6. The van der Waals surface area contributed by atoms with Gasteiger partial charge in [0.1, 0.15) is 12.4 Å². The van der Waals surface area contributed by atoms with Crippen LogP contribution in [-0.2, 0) is 11.4 Å². The number of ether oxygens (including phenoxy) is 3. The highest BCUT2D eigenvalue weighted by Gasteiger charge is 2.12. The van der Waals surface area contributed by atoms with E-state index in [0.29, 0.717) is 40.9 Å². The van der Waals surface area contributed by atoms with Crippen LogP contribution in [0.4, 0.5) is 0 Å². The fourth-order valence-corrected chi connectivity index (χ4v) is 3.07. The first-order valence-corrected chi connectivity index (χ1v) is 10.7. The van der Waals surface area contributed by atoms with Gasteiger partial charge in [-0.15, -0.1) is 0 Å². The van der Waals surface area contributed by atoms with Crippen molar-refractivity contribution in [1.29, 1.82) is 0 Å². The van der Waals surface area contributed by atoms with Crippen LogP contribution in [0, 0.1) is 0 Å². The highest BCUT2D eigenvalue weighted by atomic mass is 35.5. The van der Waals surface area contributed by atoms with Crippen molar-refractivity contribution in [3.05, 3.63) is 88.4 Å². The van der Waals surface area contributed by atoms with Crippen molar-refractivity contribution in [2.75, 3.05) is 13.2 Å². The van der Waals surface area contributed by atoms with Crippen molar-refractivity contribution < 1.29 is 28.9 Å². The number of nitrogens with one attached hydrogen (secondary N) is 1. The molecule has 0 unspecified atom stereocenters. The third kappa shape index (κ3) is 7.25. The van der Waals surface area contributed by atoms with E-state index >= 15 is 0 Å². The molecule has 1 amide bonds. The number of carboxylic acids is 1. The summed E-state index contributed by atoms with van der Waals surface area (Å²) in [4.78, 5) is 23.4. The second-order valence-corrected chi connectivity index (χ2v) is 7.37. The minimum Gasteiger partial charge on any atom is -0.490 e. The van der Waals surface area contributed by atoms with E-state index in [9.17, 15) is 9.59 Å².